The van der Waals surface area contributed by atoms with Crippen LogP contribution in [0.5, 0.6) is 0 Å². The van der Waals surface area contributed by atoms with Crippen LogP contribution in [0.2, 0.25) is 0 Å². The molecule has 3 unspecified atom stereocenters. The number of likely N-dealkylation sites (tertiary alicyclic amines) is 1. The number of nitrogens with one attached hydrogen (secondary N) is 1. The molecule has 0 aliphatic carbocycles. The molecule has 0 aromatic heterocycles. The van der Waals surface area contributed by atoms with E-state index in [1.807, 2.05) is 26.0 Å². The molecule has 1 aliphatic rings. The second kappa shape index (κ2) is 12.7. The number of hydrogen-bond donors (Lipinski definition) is 2. The van der Waals surface area contributed by atoms with Gasteiger partial charge in [0, 0.05) is 6.04 Å². The first-order valence-electron chi connectivity index (χ1n) is 10.7. The quantitative estimate of drug-likeness (QED) is 0.593. The summed E-state index contributed by atoms with van der Waals surface area (Å²) in [6.07, 6.45) is 5.10. The van der Waals surface area contributed by atoms with Crippen LogP contribution in [-0.2, 0) is 16.0 Å². The summed E-state index contributed by atoms with van der Waals surface area (Å²) in [7, 11) is 0. The summed E-state index contributed by atoms with van der Waals surface area (Å²) >= 11 is 0. The van der Waals surface area contributed by atoms with Crippen LogP contribution in [0.1, 0.15) is 71.8 Å². The van der Waals surface area contributed by atoms with Crippen molar-refractivity contribution in [3.63, 3.8) is 0 Å². The molecule has 1 fully saturated rings. The summed E-state index contributed by atoms with van der Waals surface area (Å²) in [5.74, 6) is -0.970. The molecular formula is C23H37N2NaO3. The number of benzene rings is 1. The average molecular weight is 413 g/mol. The van der Waals surface area contributed by atoms with Gasteiger partial charge in [-0.2, -0.15) is 0 Å². The molecule has 1 saturated heterocycles. The van der Waals surface area contributed by atoms with E-state index < -0.39 is 12.0 Å². The minimum Gasteiger partial charge on any atom is -1.00 e. The van der Waals surface area contributed by atoms with E-state index >= 15 is 0 Å². The van der Waals surface area contributed by atoms with Gasteiger partial charge in [-0.25, -0.2) is 4.79 Å². The van der Waals surface area contributed by atoms with Gasteiger partial charge in [0.2, 0.25) is 5.91 Å². The Morgan fingerprint density at radius 1 is 1.10 bits per heavy atom. The Kier molecular flexibility index (Phi) is 11.5. The van der Waals surface area contributed by atoms with Crippen LogP contribution >= 0.6 is 0 Å². The first kappa shape index (κ1) is 26.2. The molecule has 2 N–H and O–H groups in total. The SMILES string of the molecule is CCC(C(NC(=O)C(C)c1ccc(CC(C)C)cc1)C(=O)O)N1CCCCC1.[H-].[Na+]. The first-order valence-corrected chi connectivity index (χ1v) is 10.7. The van der Waals surface area contributed by atoms with E-state index in [4.69, 9.17) is 0 Å². The fourth-order valence-corrected chi connectivity index (χ4v) is 4.12. The van der Waals surface area contributed by atoms with E-state index in [0.29, 0.717) is 12.3 Å². The number of hydrogen-bond acceptors (Lipinski definition) is 3. The number of carboxylic acid groups (broad SMARTS) is 1. The van der Waals surface area contributed by atoms with Crippen molar-refractivity contribution in [2.24, 2.45) is 5.92 Å². The molecule has 5 nitrogen and oxygen atoms in total. The molecule has 29 heavy (non-hydrogen) atoms. The molecular weight excluding hydrogens is 375 g/mol. The van der Waals surface area contributed by atoms with Crippen molar-refractivity contribution < 1.29 is 45.7 Å². The summed E-state index contributed by atoms with van der Waals surface area (Å²) < 4.78 is 0. The number of amides is 1. The molecule has 2 rings (SSSR count). The van der Waals surface area contributed by atoms with Gasteiger partial charge in [0.1, 0.15) is 6.04 Å². The second-order valence-corrected chi connectivity index (χ2v) is 8.46. The van der Waals surface area contributed by atoms with Crippen molar-refractivity contribution in [1.82, 2.24) is 10.2 Å². The minimum absolute atomic E-state index is 0. The molecule has 0 radical (unpaired) electrons. The van der Waals surface area contributed by atoms with Crippen LogP contribution in [0.15, 0.2) is 24.3 Å². The molecule has 3 atom stereocenters. The van der Waals surface area contributed by atoms with Gasteiger partial charge in [0.15, 0.2) is 0 Å². The van der Waals surface area contributed by atoms with Crippen molar-refractivity contribution in [3.8, 4) is 0 Å². The van der Waals surface area contributed by atoms with Crippen molar-refractivity contribution in [2.75, 3.05) is 13.1 Å². The molecule has 1 aromatic rings. The van der Waals surface area contributed by atoms with Gasteiger partial charge in [-0.05, 0) is 62.7 Å². The van der Waals surface area contributed by atoms with Crippen molar-refractivity contribution in [2.45, 2.75) is 77.8 Å². The molecule has 0 spiro atoms. The normalized spacial score (nSPS) is 17.8. The number of piperidine rings is 1. The summed E-state index contributed by atoms with van der Waals surface area (Å²) in [6, 6.07) is 7.06. The largest absolute Gasteiger partial charge is 1.00 e. The molecule has 1 aromatic carbocycles. The molecule has 6 heteroatoms. The number of carbonyl (C=O) groups is 2. The minimum atomic E-state index is -0.953. The maximum Gasteiger partial charge on any atom is 1.00 e. The van der Waals surface area contributed by atoms with E-state index in [2.05, 4.69) is 36.2 Å². The van der Waals surface area contributed by atoms with Crippen LogP contribution in [0, 0.1) is 5.92 Å². The Morgan fingerprint density at radius 2 is 1.69 bits per heavy atom. The Morgan fingerprint density at radius 3 is 2.17 bits per heavy atom. The van der Waals surface area contributed by atoms with Crippen LogP contribution in [-0.4, -0.2) is 47.1 Å². The Bertz CT molecular complexity index is 648. The zero-order valence-electron chi connectivity index (χ0n) is 19.8. The number of rotatable bonds is 9. The number of carbonyl (C=O) groups excluding carboxylic acids is 1. The van der Waals surface area contributed by atoms with Gasteiger partial charge in [0.05, 0.1) is 5.92 Å². The predicted molar refractivity (Wildman–Crippen MR) is 114 cm³/mol. The van der Waals surface area contributed by atoms with Crippen LogP contribution in [0.4, 0.5) is 0 Å². The number of nitrogens with zero attached hydrogens (tertiary/aromatic N) is 1. The van der Waals surface area contributed by atoms with Gasteiger partial charge < -0.3 is 11.8 Å². The second-order valence-electron chi connectivity index (χ2n) is 8.46. The molecule has 1 aliphatic heterocycles. The van der Waals surface area contributed by atoms with Gasteiger partial charge in [0.25, 0.3) is 0 Å². The summed E-state index contributed by atoms with van der Waals surface area (Å²) in [4.78, 5) is 27.0. The van der Waals surface area contributed by atoms with Gasteiger partial charge >= 0.3 is 35.5 Å². The third-order valence-electron chi connectivity index (χ3n) is 5.74. The van der Waals surface area contributed by atoms with E-state index in [1.54, 1.807) is 0 Å². The maximum atomic E-state index is 12.8. The standard InChI is InChI=1S/C23H36N2O3.Na.H/c1-5-20(25-13-7-6-8-14-25)21(23(27)28)24-22(26)17(4)19-11-9-18(10-12-19)15-16(2)3;;/h9-12,16-17,20-21H,5-8,13-15H2,1-4H3,(H,24,26)(H,27,28);;/q;+1;-1. The summed E-state index contributed by atoms with van der Waals surface area (Å²) in [6.45, 7) is 10.0. The van der Waals surface area contributed by atoms with Crippen LogP contribution < -0.4 is 34.9 Å². The first-order chi connectivity index (χ1) is 13.3. The summed E-state index contributed by atoms with van der Waals surface area (Å²) in [5, 5.41) is 12.6. The maximum absolute atomic E-state index is 12.8. The third-order valence-corrected chi connectivity index (χ3v) is 5.74. The fraction of sp³-hybridized carbons (Fsp3) is 0.652. The predicted octanol–water partition coefficient (Wildman–Crippen LogP) is 0.939. The van der Waals surface area contributed by atoms with Gasteiger partial charge in [-0.1, -0.05) is 51.5 Å². The Balaban J connectivity index is 0.00000420. The zero-order valence-corrected chi connectivity index (χ0v) is 20.8. The van der Waals surface area contributed by atoms with Crippen molar-refractivity contribution >= 4 is 11.9 Å². The zero-order chi connectivity index (χ0) is 20.7. The van der Waals surface area contributed by atoms with Crippen LogP contribution in [0.25, 0.3) is 0 Å². The molecule has 0 saturated carbocycles. The van der Waals surface area contributed by atoms with Crippen molar-refractivity contribution in [1.29, 1.82) is 0 Å². The average Bonchev–Trinajstić information content (AvgIpc) is 2.68. The van der Waals surface area contributed by atoms with E-state index in [0.717, 1.165) is 37.9 Å². The summed E-state index contributed by atoms with van der Waals surface area (Å²) in [5.41, 5.74) is 2.17. The fourth-order valence-electron chi connectivity index (χ4n) is 4.12. The molecule has 1 heterocycles. The topological polar surface area (TPSA) is 69.6 Å². The molecule has 158 valence electrons. The third kappa shape index (κ3) is 7.71. The van der Waals surface area contributed by atoms with Gasteiger partial charge in [-0.15, -0.1) is 0 Å². The number of aliphatic carboxylic acids is 1. The molecule has 1 amide bonds. The van der Waals surface area contributed by atoms with Crippen molar-refractivity contribution in [3.05, 3.63) is 35.4 Å². The van der Waals surface area contributed by atoms with Crippen LogP contribution in [0.3, 0.4) is 0 Å². The Hall–Kier alpha value is -0.880. The smallest absolute Gasteiger partial charge is 1.00 e. The Labute approximate surface area is 199 Å². The van der Waals surface area contributed by atoms with E-state index in [1.165, 1.54) is 12.0 Å². The van der Waals surface area contributed by atoms with E-state index in [-0.39, 0.29) is 48.9 Å². The van der Waals surface area contributed by atoms with E-state index in [9.17, 15) is 14.7 Å². The van der Waals surface area contributed by atoms with Gasteiger partial charge in [-0.3, -0.25) is 9.69 Å². The monoisotopic (exact) mass is 412 g/mol. The molecule has 0 bridgehead atoms. The number of carboxylic acids is 1.